The minimum atomic E-state index is -0.309. The molecule has 0 bridgehead atoms. The van der Waals surface area contributed by atoms with E-state index in [4.69, 9.17) is 0 Å². The van der Waals surface area contributed by atoms with E-state index in [0.717, 1.165) is 53.0 Å². The van der Waals surface area contributed by atoms with E-state index < -0.39 is 0 Å². The maximum atomic E-state index is 13.5. The van der Waals surface area contributed by atoms with E-state index in [1.807, 2.05) is 19.1 Å². The number of fused-ring (bicyclic) bond motifs is 2. The van der Waals surface area contributed by atoms with Crippen LogP contribution in [0.1, 0.15) is 57.7 Å². The van der Waals surface area contributed by atoms with Gasteiger partial charge in [0, 0.05) is 30.1 Å². The molecule has 0 saturated carbocycles. The van der Waals surface area contributed by atoms with Crippen molar-refractivity contribution in [1.82, 2.24) is 9.69 Å². The van der Waals surface area contributed by atoms with Gasteiger partial charge in [-0.2, -0.15) is 4.37 Å². The minimum Gasteiger partial charge on any atom is -0.371 e. The highest BCUT2D eigenvalue weighted by Crippen LogP contribution is 2.37. The van der Waals surface area contributed by atoms with Crippen molar-refractivity contribution in [2.24, 2.45) is 0 Å². The Kier molecular flexibility index (Phi) is 5.51. The Morgan fingerprint density at radius 1 is 1.17 bits per heavy atom. The lowest BCUT2D eigenvalue weighted by Crippen LogP contribution is -2.34. The monoisotopic (exact) mass is 445 g/mol. The molecule has 30 heavy (non-hydrogen) atoms. The smallest absolute Gasteiger partial charge is 0.259 e. The SMILES string of the molecule is CCc1c(N2CCC(c3nsc4cc(F)ccc34)CC2)ccc2c1C(=O)NC2=O.Cl. The average molecular weight is 446 g/mol. The second-order valence-electron chi connectivity index (χ2n) is 7.59. The third-order valence-electron chi connectivity index (χ3n) is 6.02. The summed E-state index contributed by atoms with van der Waals surface area (Å²) >= 11 is 1.36. The van der Waals surface area contributed by atoms with Crippen molar-refractivity contribution in [2.45, 2.75) is 32.1 Å². The van der Waals surface area contributed by atoms with E-state index >= 15 is 0 Å². The summed E-state index contributed by atoms with van der Waals surface area (Å²) in [7, 11) is 0. The lowest BCUT2D eigenvalue weighted by Gasteiger charge is -2.34. The minimum absolute atomic E-state index is 0. The van der Waals surface area contributed by atoms with Gasteiger partial charge in [0.05, 0.1) is 21.5 Å². The Morgan fingerprint density at radius 3 is 2.67 bits per heavy atom. The van der Waals surface area contributed by atoms with Gasteiger partial charge in [-0.15, -0.1) is 12.4 Å². The first-order chi connectivity index (χ1) is 14.1. The molecule has 2 aliphatic heterocycles. The fourth-order valence-corrected chi connectivity index (χ4v) is 5.47. The van der Waals surface area contributed by atoms with E-state index in [0.29, 0.717) is 23.5 Å². The van der Waals surface area contributed by atoms with Gasteiger partial charge in [-0.1, -0.05) is 6.92 Å². The van der Waals surface area contributed by atoms with Gasteiger partial charge in [0.1, 0.15) is 5.82 Å². The second kappa shape index (κ2) is 7.96. The highest BCUT2D eigenvalue weighted by molar-refractivity contribution is 7.13. The molecule has 1 fully saturated rings. The summed E-state index contributed by atoms with van der Waals surface area (Å²) in [6, 6.07) is 8.62. The average Bonchev–Trinajstić information content (AvgIpc) is 3.27. The fourth-order valence-electron chi connectivity index (χ4n) is 4.59. The van der Waals surface area contributed by atoms with Crippen molar-refractivity contribution >= 4 is 51.5 Å². The molecule has 0 radical (unpaired) electrons. The van der Waals surface area contributed by atoms with Gasteiger partial charge in [0.15, 0.2) is 0 Å². The molecule has 2 aromatic carbocycles. The van der Waals surface area contributed by atoms with Crippen LogP contribution in [0.3, 0.4) is 0 Å². The molecule has 8 heteroatoms. The van der Waals surface area contributed by atoms with Crippen molar-refractivity contribution in [3.8, 4) is 0 Å². The summed E-state index contributed by atoms with van der Waals surface area (Å²) in [5, 5.41) is 3.46. The van der Waals surface area contributed by atoms with Gasteiger partial charge in [-0.25, -0.2) is 4.39 Å². The Bertz CT molecular complexity index is 1150. The molecule has 2 amide bonds. The maximum Gasteiger partial charge on any atom is 0.259 e. The number of anilines is 1. The molecule has 0 aliphatic carbocycles. The molecule has 0 spiro atoms. The number of hydrogen-bond acceptors (Lipinski definition) is 5. The molecule has 1 N–H and O–H groups in total. The van der Waals surface area contributed by atoms with E-state index in [1.165, 1.54) is 17.6 Å². The first-order valence-electron chi connectivity index (χ1n) is 9.88. The number of aromatic nitrogens is 1. The van der Waals surface area contributed by atoms with Crippen molar-refractivity contribution in [3.05, 3.63) is 58.5 Å². The lowest BCUT2D eigenvalue weighted by molar-refractivity contribution is 0.0879. The van der Waals surface area contributed by atoms with Crippen LogP contribution in [0.25, 0.3) is 10.1 Å². The summed E-state index contributed by atoms with van der Waals surface area (Å²) in [6.45, 7) is 3.72. The third-order valence-corrected chi connectivity index (χ3v) is 6.85. The maximum absolute atomic E-state index is 13.5. The van der Waals surface area contributed by atoms with Crippen LogP contribution in [-0.4, -0.2) is 29.3 Å². The first kappa shape index (κ1) is 20.8. The van der Waals surface area contributed by atoms with Crippen LogP contribution in [0.5, 0.6) is 0 Å². The van der Waals surface area contributed by atoms with Crippen LogP contribution in [0.15, 0.2) is 30.3 Å². The van der Waals surface area contributed by atoms with Gasteiger partial charge in [-0.05, 0) is 66.7 Å². The number of imide groups is 1. The summed E-state index contributed by atoms with van der Waals surface area (Å²) in [4.78, 5) is 26.5. The van der Waals surface area contributed by atoms with Crippen molar-refractivity contribution < 1.29 is 14.0 Å². The van der Waals surface area contributed by atoms with E-state index in [-0.39, 0.29) is 30.0 Å². The molecule has 1 saturated heterocycles. The molecular weight excluding hydrogens is 425 g/mol. The van der Waals surface area contributed by atoms with Crippen LogP contribution in [0, 0.1) is 5.82 Å². The lowest BCUT2D eigenvalue weighted by atomic mass is 9.90. The number of halogens is 2. The van der Waals surface area contributed by atoms with Crippen molar-refractivity contribution in [3.63, 3.8) is 0 Å². The molecule has 156 valence electrons. The van der Waals surface area contributed by atoms with Gasteiger partial charge < -0.3 is 4.90 Å². The standard InChI is InChI=1S/C22H20FN3O2S.ClH/c1-2-14-17(6-5-16-19(14)22(28)24-21(16)27)26-9-7-12(8-10-26)20-15-4-3-13(23)11-18(15)29-25-20;/h3-6,11-12H,2,7-10H2,1H3,(H,24,27,28);1H. The van der Waals surface area contributed by atoms with E-state index in [9.17, 15) is 14.0 Å². The molecule has 3 heterocycles. The van der Waals surface area contributed by atoms with Crippen molar-refractivity contribution in [2.75, 3.05) is 18.0 Å². The van der Waals surface area contributed by atoms with Crippen LogP contribution < -0.4 is 10.2 Å². The molecule has 1 aromatic heterocycles. The van der Waals surface area contributed by atoms with Crippen LogP contribution in [0.4, 0.5) is 10.1 Å². The zero-order valence-electron chi connectivity index (χ0n) is 16.4. The summed E-state index contributed by atoms with van der Waals surface area (Å²) in [5.74, 6) is -0.486. The number of carbonyl (C=O) groups is 2. The van der Waals surface area contributed by atoms with E-state index in [2.05, 4.69) is 14.6 Å². The fraction of sp³-hybridized carbons (Fsp3) is 0.318. The normalized spacial score (nSPS) is 16.5. The third kappa shape index (κ3) is 3.26. The van der Waals surface area contributed by atoms with Gasteiger partial charge >= 0.3 is 0 Å². The van der Waals surface area contributed by atoms with Gasteiger partial charge in [0.25, 0.3) is 11.8 Å². The molecule has 3 aromatic rings. The Labute approximate surface area is 183 Å². The zero-order chi connectivity index (χ0) is 20.1. The van der Waals surface area contributed by atoms with Crippen LogP contribution in [-0.2, 0) is 6.42 Å². The summed E-state index contributed by atoms with van der Waals surface area (Å²) in [5.41, 5.74) is 4.06. The Balaban J connectivity index is 0.00000218. The second-order valence-corrected chi connectivity index (χ2v) is 8.40. The molecule has 0 unspecified atom stereocenters. The van der Waals surface area contributed by atoms with Gasteiger partial charge in [0.2, 0.25) is 0 Å². The quantitative estimate of drug-likeness (QED) is 0.594. The van der Waals surface area contributed by atoms with Crippen LogP contribution >= 0.6 is 23.9 Å². The number of nitrogens with zero attached hydrogens (tertiary/aromatic N) is 2. The largest absolute Gasteiger partial charge is 0.371 e. The number of nitrogens with one attached hydrogen (secondary N) is 1. The van der Waals surface area contributed by atoms with E-state index in [1.54, 1.807) is 12.1 Å². The first-order valence-corrected chi connectivity index (χ1v) is 10.7. The Morgan fingerprint density at radius 2 is 1.93 bits per heavy atom. The molecule has 2 aliphatic rings. The molecular formula is C22H21ClFN3O2S. The number of hydrogen-bond donors (Lipinski definition) is 1. The highest BCUT2D eigenvalue weighted by atomic mass is 35.5. The predicted octanol–water partition coefficient (Wildman–Crippen LogP) is 4.69. The summed E-state index contributed by atoms with van der Waals surface area (Å²) < 4.78 is 19.0. The molecule has 0 atom stereocenters. The van der Waals surface area contributed by atoms with Crippen molar-refractivity contribution in [1.29, 1.82) is 0 Å². The predicted molar refractivity (Wildman–Crippen MR) is 119 cm³/mol. The highest BCUT2D eigenvalue weighted by Gasteiger charge is 2.32. The number of benzene rings is 2. The topological polar surface area (TPSA) is 62.3 Å². The number of carbonyl (C=O) groups excluding carboxylic acids is 2. The molecule has 5 rings (SSSR count). The van der Waals surface area contributed by atoms with Crippen LogP contribution in [0.2, 0.25) is 0 Å². The zero-order valence-corrected chi connectivity index (χ0v) is 18.0. The number of rotatable bonds is 3. The Hall–Kier alpha value is -2.51. The summed E-state index contributed by atoms with van der Waals surface area (Å²) in [6.07, 6.45) is 2.59. The molecule has 5 nitrogen and oxygen atoms in total. The number of piperidine rings is 1. The van der Waals surface area contributed by atoms with Gasteiger partial charge in [-0.3, -0.25) is 14.9 Å². The number of amides is 2.